The van der Waals surface area contributed by atoms with Crippen LogP contribution >= 0.6 is 0 Å². The number of para-hydroxylation sites is 1. The van der Waals surface area contributed by atoms with E-state index in [1.165, 1.54) is 12.1 Å². The number of hydrogen-bond donors (Lipinski definition) is 2. The topological polar surface area (TPSA) is 61.4 Å². The van der Waals surface area contributed by atoms with Crippen LogP contribution in [0.15, 0.2) is 48.5 Å². The van der Waals surface area contributed by atoms with Gasteiger partial charge in [0.2, 0.25) is 5.91 Å². The van der Waals surface area contributed by atoms with E-state index in [4.69, 9.17) is 0 Å². The van der Waals surface area contributed by atoms with Crippen molar-refractivity contribution in [1.82, 2.24) is 10.6 Å². The molecule has 0 aliphatic carbocycles. The highest BCUT2D eigenvalue weighted by molar-refractivity contribution is 6.00. The van der Waals surface area contributed by atoms with Gasteiger partial charge in [0, 0.05) is 18.8 Å². The second-order valence-electron chi connectivity index (χ2n) is 7.04. The lowest BCUT2D eigenvalue weighted by atomic mass is 10.0. The molecule has 1 aliphatic heterocycles. The first-order chi connectivity index (χ1) is 13.0. The van der Waals surface area contributed by atoms with Crippen LogP contribution in [-0.4, -0.2) is 24.5 Å². The summed E-state index contributed by atoms with van der Waals surface area (Å²) in [6.07, 6.45) is 0.823. The summed E-state index contributed by atoms with van der Waals surface area (Å²) in [6.45, 7) is 4.70. The van der Waals surface area contributed by atoms with Crippen molar-refractivity contribution in [1.29, 1.82) is 0 Å². The maximum atomic E-state index is 13.0. The molecule has 2 aromatic rings. The van der Waals surface area contributed by atoms with Crippen molar-refractivity contribution in [3.05, 3.63) is 65.5 Å². The zero-order valence-corrected chi connectivity index (χ0v) is 15.5. The fraction of sp³-hybridized carbons (Fsp3) is 0.333. The van der Waals surface area contributed by atoms with Crippen molar-refractivity contribution in [2.45, 2.75) is 32.9 Å². The van der Waals surface area contributed by atoms with E-state index in [1.54, 1.807) is 17.0 Å². The molecule has 5 nitrogen and oxygen atoms in total. The predicted octanol–water partition coefficient (Wildman–Crippen LogP) is 3.24. The molecule has 1 atom stereocenters. The van der Waals surface area contributed by atoms with Crippen LogP contribution in [0.4, 0.5) is 14.9 Å². The van der Waals surface area contributed by atoms with Gasteiger partial charge in [0.1, 0.15) is 11.9 Å². The number of anilines is 1. The van der Waals surface area contributed by atoms with Gasteiger partial charge in [-0.25, -0.2) is 9.18 Å². The van der Waals surface area contributed by atoms with Gasteiger partial charge in [-0.05, 0) is 41.7 Å². The monoisotopic (exact) mass is 369 g/mol. The van der Waals surface area contributed by atoms with E-state index >= 15 is 0 Å². The number of nitrogens with zero attached hydrogens (tertiary/aromatic N) is 1. The van der Waals surface area contributed by atoms with Crippen molar-refractivity contribution >= 4 is 17.6 Å². The number of amides is 3. The van der Waals surface area contributed by atoms with Crippen LogP contribution in [0.1, 0.15) is 25.0 Å². The van der Waals surface area contributed by atoms with Crippen LogP contribution in [0.2, 0.25) is 0 Å². The molecule has 0 bridgehead atoms. The van der Waals surface area contributed by atoms with Gasteiger partial charge in [0.15, 0.2) is 0 Å². The predicted molar refractivity (Wildman–Crippen MR) is 103 cm³/mol. The SMILES string of the molecule is CC(C)[C@@H](NC(=O)NCc1ccc(F)cc1)C(=O)N1CCc2ccccc21. The maximum Gasteiger partial charge on any atom is 0.315 e. The summed E-state index contributed by atoms with van der Waals surface area (Å²) in [5.74, 6) is -0.478. The smallest absolute Gasteiger partial charge is 0.315 e. The summed E-state index contributed by atoms with van der Waals surface area (Å²) in [5.41, 5.74) is 2.85. The quantitative estimate of drug-likeness (QED) is 0.850. The molecule has 0 saturated carbocycles. The third kappa shape index (κ3) is 4.45. The standard InChI is InChI=1S/C21H24FN3O2/c1-14(2)19(20(26)25-12-11-16-5-3-4-6-18(16)25)24-21(27)23-13-15-7-9-17(22)10-8-15/h3-10,14,19H,11-13H2,1-2H3,(H2,23,24,27)/t19-/m1/s1. The number of hydrogen-bond acceptors (Lipinski definition) is 2. The van der Waals surface area contributed by atoms with E-state index in [0.717, 1.165) is 23.2 Å². The molecule has 0 radical (unpaired) electrons. The fourth-order valence-electron chi connectivity index (χ4n) is 3.23. The van der Waals surface area contributed by atoms with Gasteiger partial charge in [-0.1, -0.05) is 44.2 Å². The average molecular weight is 369 g/mol. The lowest BCUT2D eigenvalue weighted by molar-refractivity contribution is -0.121. The Kier molecular flexibility index (Phi) is 5.74. The molecule has 2 aromatic carbocycles. The zero-order chi connectivity index (χ0) is 19.4. The Morgan fingerprint density at radius 3 is 2.52 bits per heavy atom. The van der Waals surface area contributed by atoms with Crippen molar-refractivity contribution in [3.63, 3.8) is 0 Å². The number of fused-ring (bicyclic) bond motifs is 1. The van der Waals surface area contributed by atoms with E-state index in [9.17, 15) is 14.0 Å². The van der Waals surface area contributed by atoms with E-state index in [0.29, 0.717) is 6.54 Å². The number of nitrogens with one attached hydrogen (secondary N) is 2. The number of benzene rings is 2. The Bertz CT molecular complexity index is 820. The highest BCUT2D eigenvalue weighted by Gasteiger charge is 2.32. The molecule has 1 aliphatic rings. The maximum absolute atomic E-state index is 13.0. The molecular formula is C21H24FN3O2. The Hall–Kier alpha value is -2.89. The summed E-state index contributed by atoms with van der Waals surface area (Å²) in [6, 6.07) is 12.7. The van der Waals surface area contributed by atoms with Gasteiger partial charge in [0.05, 0.1) is 0 Å². The van der Waals surface area contributed by atoms with E-state index in [-0.39, 0.29) is 24.2 Å². The minimum atomic E-state index is -0.621. The second kappa shape index (κ2) is 8.20. The van der Waals surface area contributed by atoms with Gasteiger partial charge >= 0.3 is 6.03 Å². The molecule has 142 valence electrons. The molecular weight excluding hydrogens is 345 g/mol. The summed E-state index contributed by atoms with van der Waals surface area (Å²) in [7, 11) is 0. The third-order valence-electron chi connectivity index (χ3n) is 4.74. The summed E-state index contributed by atoms with van der Waals surface area (Å²) >= 11 is 0. The van der Waals surface area contributed by atoms with Gasteiger partial charge < -0.3 is 15.5 Å². The van der Waals surface area contributed by atoms with Crippen LogP contribution in [0.5, 0.6) is 0 Å². The van der Waals surface area contributed by atoms with E-state index in [1.807, 2.05) is 38.1 Å². The van der Waals surface area contributed by atoms with Crippen LogP contribution < -0.4 is 15.5 Å². The van der Waals surface area contributed by atoms with Crippen molar-refractivity contribution in [2.24, 2.45) is 5.92 Å². The molecule has 0 unspecified atom stereocenters. The van der Waals surface area contributed by atoms with Crippen LogP contribution in [0.3, 0.4) is 0 Å². The fourth-order valence-corrected chi connectivity index (χ4v) is 3.23. The number of rotatable bonds is 5. The zero-order valence-electron chi connectivity index (χ0n) is 15.5. The van der Waals surface area contributed by atoms with Crippen molar-refractivity contribution in [2.75, 3.05) is 11.4 Å². The second-order valence-corrected chi connectivity index (χ2v) is 7.04. The first-order valence-electron chi connectivity index (χ1n) is 9.14. The molecule has 0 aromatic heterocycles. The van der Waals surface area contributed by atoms with Gasteiger partial charge in [-0.15, -0.1) is 0 Å². The molecule has 3 amide bonds. The number of carbonyl (C=O) groups excluding carboxylic acids is 2. The van der Waals surface area contributed by atoms with E-state index < -0.39 is 12.1 Å². The lowest BCUT2D eigenvalue weighted by Gasteiger charge is -2.27. The van der Waals surface area contributed by atoms with Gasteiger partial charge in [-0.2, -0.15) is 0 Å². The van der Waals surface area contributed by atoms with Crippen molar-refractivity contribution < 1.29 is 14.0 Å². The third-order valence-corrected chi connectivity index (χ3v) is 4.74. The summed E-state index contributed by atoms with van der Waals surface area (Å²) in [4.78, 5) is 27.1. The van der Waals surface area contributed by atoms with Gasteiger partial charge in [0.25, 0.3) is 0 Å². The molecule has 2 N–H and O–H groups in total. The number of halogens is 1. The summed E-state index contributed by atoms with van der Waals surface area (Å²) in [5, 5.41) is 5.52. The normalized spacial score (nSPS) is 14.0. The van der Waals surface area contributed by atoms with Crippen LogP contribution in [-0.2, 0) is 17.8 Å². The average Bonchev–Trinajstić information content (AvgIpc) is 3.09. The molecule has 1 heterocycles. The Balaban J connectivity index is 1.62. The molecule has 27 heavy (non-hydrogen) atoms. The highest BCUT2D eigenvalue weighted by Crippen LogP contribution is 2.28. The van der Waals surface area contributed by atoms with Crippen LogP contribution in [0.25, 0.3) is 0 Å². The highest BCUT2D eigenvalue weighted by atomic mass is 19.1. The lowest BCUT2D eigenvalue weighted by Crippen LogP contribution is -2.53. The number of urea groups is 1. The van der Waals surface area contributed by atoms with Gasteiger partial charge in [-0.3, -0.25) is 4.79 Å². The Morgan fingerprint density at radius 1 is 1.11 bits per heavy atom. The first kappa shape index (κ1) is 18.9. The largest absolute Gasteiger partial charge is 0.334 e. The number of carbonyl (C=O) groups is 2. The Labute approximate surface area is 158 Å². The summed E-state index contributed by atoms with van der Waals surface area (Å²) < 4.78 is 12.9. The van der Waals surface area contributed by atoms with Crippen molar-refractivity contribution in [3.8, 4) is 0 Å². The first-order valence-corrected chi connectivity index (χ1v) is 9.14. The minimum Gasteiger partial charge on any atom is -0.334 e. The molecule has 3 rings (SSSR count). The Morgan fingerprint density at radius 2 is 1.81 bits per heavy atom. The van der Waals surface area contributed by atoms with Crippen LogP contribution in [0, 0.1) is 11.7 Å². The van der Waals surface area contributed by atoms with E-state index in [2.05, 4.69) is 10.6 Å². The molecule has 0 saturated heterocycles. The molecule has 6 heteroatoms. The molecule has 0 spiro atoms. The minimum absolute atomic E-state index is 0.0539. The molecule has 0 fully saturated rings.